The molecule has 0 atom stereocenters. The van der Waals surface area contributed by atoms with Gasteiger partial charge in [0.1, 0.15) is 12.0 Å². The van der Waals surface area contributed by atoms with Crippen LogP contribution in [0.3, 0.4) is 0 Å². The first-order valence-corrected chi connectivity index (χ1v) is 4.89. The number of aryl methyl sites for hydroxylation is 1. The van der Waals surface area contributed by atoms with Gasteiger partial charge in [-0.15, -0.1) is 0 Å². The largest absolute Gasteiger partial charge is 0.478 e. The van der Waals surface area contributed by atoms with E-state index in [0.29, 0.717) is 11.8 Å². The van der Waals surface area contributed by atoms with Gasteiger partial charge in [-0.05, 0) is 30.7 Å². The molecule has 0 heterocycles. The Morgan fingerprint density at radius 1 is 1.44 bits per heavy atom. The van der Waals surface area contributed by atoms with Crippen LogP contribution in [0.15, 0.2) is 18.2 Å². The maximum atomic E-state index is 12.2. The fourth-order valence-corrected chi connectivity index (χ4v) is 1.43. The predicted octanol–water partition coefficient (Wildman–Crippen LogP) is 2.51. The Bertz CT molecular complexity index is 495. The van der Waals surface area contributed by atoms with Crippen LogP contribution >= 0.6 is 0 Å². The minimum absolute atomic E-state index is 0.111. The molecular formula is C12H10F2O4. The monoisotopic (exact) mass is 256 g/mol. The number of carboxylic acids is 1. The molecule has 0 radical (unpaired) electrons. The molecular weight excluding hydrogens is 246 g/mol. The molecule has 0 saturated heterocycles. The van der Waals surface area contributed by atoms with Gasteiger partial charge in [-0.1, -0.05) is 0 Å². The van der Waals surface area contributed by atoms with Crippen molar-refractivity contribution in [3.05, 3.63) is 34.9 Å². The molecule has 0 aliphatic carbocycles. The van der Waals surface area contributed by atoms with Gasteiger partial charge in [0.25, 0.3) is 0 Å². The van der Waals surface area contributed by atoms with Crippen LogP contribution in [0.2, 0.25) is 0 Å². The lowest BCUT2D eigenvalue weighted by molar-refractivity contribution is -0.131. The third kappa shape index (κ3) is 3.65. The standard InChI is InChI=1S/C12H10F2O4/c1-7-4-8(6-15)5-9(2-3-10(16)17)11(7)18-12(13)14/h2-6,12H,1H3,(H,16,17)/b3-2+. The Hall–Kier alpha value is -2.24. The van der Waals surface area contributed by atoms with E-state index in [9.17, 15) is 18.4 Å². The number of benzene rings is 1. The quantitative estimate of drug-likeness (QED) is 0.649. The molecule has 0 bridgehead atoms. The van der Waals surface area contributed by atoms with Crippen molar-refractivity contribution in [1.29, 1.82) is 0 Å². The van der Waals surface area contributed by atoms with Crippen LogP contribution in [0.1, 0.15) is 21.5 Å². The van der Waals surface area contributed by atoms with E-state index in [2.05, 4.69) is 4.74 Å². The second-order valence-electron chi connectivity index (χ2n) is 3.42. The fraction of sp³-hybridized carbons (Fsp3) is 0.167. The highest BCUT2D eigenvalue weighted by molar-refractivity contribution is 5.87. The number of carbonyl (C=O) groups is 2. The molecule has 0 spiro atoms. The summed E-state index contributed by atoms with van der Waals surface area (Å²) in [6, 6.07) is 2.65. The number of carbonyl (C=O) groups excluding carboxylic acids is 1. The highest BCUT2D eigenvalue weighted by atomic mass is 19.3. The molecule has 0 unspecified atom stereocenters. The minimum atomic E-state index is -3.03. The van der Waals surface area contributed by atoms with E-state index < -0.39 is 12.6 Å². The maximum Gasteiger partial charge on any atom is 0.387 e. The summed E-state index contributed by atoms with van der Waals surface area (Å²) < 4.78 is 28.8. The normalized spacial score (nSPS) is 10.9. The molecule has 0 fully saturated rings. The van der Waals surface area contributed by atoms with Crippen molar-refractivity contribution in [1.82, 2.24) is 0 Å². The summed E-state index contributed by atoms with van der Waals surface area (Å²) in [7, 11) is 0. The molecule has 96 valence electrons. The van der Waals surface area contributed by atoms with Crippen molar-refractivity contribution >= 4 is 18.3 Å². The summed E-state index contributed by atoms with van der Waals surface area (Å²) in [4.78, 5) is 21.1. The number of aliphatic carboxylic acids is 1. The lowest BCUT2D eigenvalue weighted by atomic mass is 10.0. The summed E-state index contributed by atoms with van der Waals surface area (Å²) in [5.74, 6) is -1.37. The van der Waals surface area contributed by atoms with Crippen LogP contribution in [-0.4, -0.2) is 24.0 Å². The number of hydrogen-bond donors (Lipinski definition) is 1. The third-order valence-electron chi connectivity index (χ3n) is 2.07. The molecule has 18 heavy (non-hydrogen) atoms. The second-order valence-corrected chi connectivity index (χ2v) is 3.42. The van der Waals surface area contributed by atoms with Gasteiger partial charge >= 0.3 is 12.6 Å². The molecule has 0 aliphatic heterocycles. The topological polar surface area (TPSA) is 63.6 Å². The first-order valence-electron chi connectivity index (χ1n) is 4.89. The van der Waals surface area contributed by atoms with E-state index in [4.69, 9.17) is 5.11 Å². The Kier molecular flexibility index (Phi) is 4.53. The average molecular weight is 256 g/mol. The zero-order valence-corrected chi connectivity index (χ0v) is 9.39. The first-order chi connectivity index (χ1) is 8.43. The third-order valence-corrected chi connectivity index (χ3v) is 2.07. The molecule has 1 rings (SSSR count). The molecule has 4 nitrogen and oxygen atoms in total. The molecule has 0 aromatic heterocycles. The summed E-state index contributed by atoms with van der Waals surface area (Å²) in [5, 5.41) is 8.50. The summed E-state index contributed by atoms with van der Waals surface area (Å²) >= 11 is 0. The highest BCUT2D eigenvalue weighted by Gasteiger charge is 2.12. The van der Waals surface area contributed by atoms with Crippen molar-refractivity contribution in [2.75, 3.05) is 0 Å². The van der Waals surface area contributed by atoms with Gasteiger partial charge < -0.3 is 9.84 Å². The van der Waals surface area contributed by atoms with Gasteiger partial charge in [0.2, 0.25) is 0 Å². The zero-order chi connectivity index (χ0) is 13.7. The van der Waals surface area contributed by atoms with Crippen molar-refractivity contribution < 1.29 is 28.2 Å². The van der Waals surface area contributed by atoms with E-state index in [0.717, 1.165) is 12.2 Å². The highest BCUT2D eigenvalue weighted by Crippen LogP contribution is 2.28. The number of halogens is 2. The van der Waals surface area contributed by atoms with Gasteiger partial charge in [-0.2, -0.15) is 8.78 Å². The summed E-state index contributed by atoms with van der Waals surface area (Å²) in [5.41, 5.74) is 0.684. The number of ether oxygens (including phenoxy) is 1. The van der Waals surface area contributed by atoms with E-state index >= 15 is 0 Å². The van der Waals surface area contributed by atoms with Crippen LogP contribution in [0.5, 0.6) is 5.75 Å². The van der Waals surface area contributed by atoms with Crippen LogP contribution in [0, 0.1) is 6.92 Å². The Balaban J connectivity index is 3.28. The summed E-state index contributed by atoms with van der Waals surface area (Å²) in [6.45, 7) is -1.54. The fourth-order valence-electron chi connectivity index (χ4n) is 1.43. The molecule has 1 aromatic carbocycles. The molecule has 0 saturated carbocycles. The first kappa shape index (κ1) is 13.8. The number of aldehydes is 1. The van der Waals surface area contributed by atoms with Crippen molar-refractivity contribution in [3.8, 4) is 5.75 Å². The number of carboxylic acid groups (broad SMARTS) is 1. The van der Waals surface area contributed by atoms with E-state index in [-0.39, 0.29) is 16.9 Å². The van der Waals surface area contributed by atoms with Gasteiger partial charge in [-0.25, -0.2) is 4.79 Å². The molecule has 1 aromatic rings. The lowest BCUT2D eigenvalue weighted by Crippen LogP contribution is -2.05. The maximum absolute atomic E-state index is 12.2. The smallest absolute Gasteiger partial charge is 0.387 e. The number of alkyl halides is 2. The molecule has 1 N–H and O–H groups in total. The number of hydrogen-bond acceptors (Lipinski definition) is 3. The van der Waals surface area contributed by atoms with Gasteiger partial charge in [0.05, 0.1) is 0 Å². The Morgan fingerprint density at radius 3 is 2.61 bits per heavy atom. The van der Waals surface area contributed by atoms with Crippen molar-refractivity contribution in [3.63, 3.8) is 0 Å². The van der Waals surface area contributed by atoms with Crippen molar-refractivity contribution in [2.24, 2.45) is 0 Å². The van der Waals surface area contributed by atoms with E-state index in [1.165, 1.54) is 19.1 Å². The van der Waals surface area contributed by atoms with Gasteiger partial charge in [0, 0.05) is 17.2 Å². The minimum Gasteiger partial charge on any atom is -0.478 e. The lowest BCUT2D eigenvalue weighted by Gasteiger charge is -2.11. The van der Waals surface area contributed by atoms with Crippen LogP contribution < -0.4 is 4.74 Å². The van der Waals surface area contributed by atoms with Crippen molar-refractivity contribution in [2.45, 2.75) is 13.5 Å². The van der Waals surface area contributed by atoms with Gasteiger partial charge in [-0.3, -0.25) is 4.79 Å². The van der Waals surface area contributed by atoms with E-state index in [1.54, 1.807) is 0 Å². The SMILES string of the molecule is Cc1cc(C=O)cc(/C=C/C(=O)O)c1OC(F)F. The molecule has 0 amide bonds. The van der Waals surface area contributed by atoms with E-state index in [1.807, 2.05) is 0 Å². The van der Waals surface area contributed by atoms with Crippen LogP contribution in [0.4, 0.5) is 8.78 Å². The summed E-state index contributed by atoms with van der Waals surface area (Å²) in [6.07, 6.45) is 2.42. The molecule has 0 aliphatic rings. The number of rotatable bonds is 5. The zero-order valence-electron chi connectivity index (χ0n) is 9.39. The Labute approximate surface area is 101 Å². The Morgan fingerprint density at radius 2 is 2.11 bits per heavy atom. The van der Waals surface area contributed by atoms with Crippen LogP contribution in [-0.2, 0) is 4.79 Å². The molecule has 6 heteroatoms. The second kappa shape index (κ2) is 5.90. The van der Waals surface area contributed by atoms with Gasteiger partial charge in [0.15, 0.2) is 0 Å². The average Bonchev–Trinajstić information content (AvgIpc) is 2.29. The van der Waals surface area contributed by atoms with Crippen LogP contribution in [0.25, 0.3) is 6.08 Å². The predicted molar refractivity (Wildman–Crippen MR) is 59.9 cm³/mol.